The summed E-state index contributed by atoms with van der Waals surface area (Å²) < 4.78 is 13.4. The molecule has 1 unspecified atom stereocenters. The van der Waals surface area contributed by atoms with Gasteiger partial charge in [-0.05, 0) is 40.5 Å². The van der Waals surface area contributed by atoms with Crippen LogP contribution in [0.2, 0.25) is 0 Å². The van der Waals surface area contributed by atoms with Gasteiger partial charge in [0.15, 0.2) is 0 Å². The molecule has 1 heterocycles. The number of hydroxylamine groups is 2. The third-order valence-corrected chi connectivity index (χ3v) is 2.90. The van der Waals surface area contributed by atoms with Crippen LogP contribution in [-0.4, -0.2) is 27.5 Å². The van der Waals surface area contributed by atoms with Crippen LogP contribution in [0.1, 0.15) is 40.5 Å². The van der Waals surface area contributed by atoms with Gasteiger partial charge in [-0.2, -0.15) is 5.06 Å². The molecule has 72 valence electrons. The number of halogens is 1. The molecule has 1 rings (SSSR count). The average molecular weight is 175 g/mol. The third-order valence-electron chi connectivity index (χ3n) is 2.90. The molecule has 0 amide bonds. The minimum absolute atomic E-state index is 0.300. The molecule has 12 heavy (non-hydrogen) atoms. The van der Waals surface area contributed by atoms with Crippen LogP contribution in [0.25, 0.3) is 0 Å². The van der Waals surface area contributed by atoms with Gasteiger partial charge in [-0.15, -0.1) is 0 Å². The van der Waals surface area contributed by atoms with E-state index in [1.54, 1.807) is 13.8 Å². The van der Waals surface area contributed by atoms with Gasteiger partial charge >= 0.3 is 0 Å². The minimum atomic E-state index is -0.935. The molecule has 1 aliphatic heterocycles. The molecule has 1 atom stereocenters. The van der Waals surface area contributed by atoms with E-state index in [2.05, 4.69) is 0 Å². The quantitative estimate of drug-likeness (QED) is 0.611. The van der Waals surface area contributed by atoms with Crippen molar-refractivity contribution in [1.29, 1.82) is 0 Å². The summed E-state index contributed by atoms with van der Waals surface area (Å²) in [6.45, 7) is 7.33. The van der Waals surface area contributed by atoms with Gasteiger partial charge in [0.1, 0.15) is 6.17 Å². The highest BCUT2D eigenvalue weighted by molar-refractivity contribution is 4.97. The molecule has 0 aromatic rings. The third kappa shape index (κ3) is 1.36. The Morgan fingerprint density at radius 3 is 2.25 bits per heavy atom. The first-order valence-electron chi connectivity index (χ1n) is 4.42. The van der Waals surface area contributed by atoms with E-state index in [4.69, 9.17) is 0 Å². The molecule has 1 saturated heterocycles. The number of piperidine rings is 1. The standard InChI is InChI=1S/C9H18FNO/c1-8(2)6-5-7(10)9(3,4)11(8)12/h7,12H,5-6H2,1-4H3. The summed E-state index contributed by atoms with van der Waals surface area (Å²) in [5.41, 5.74) is -1.05. The second-order valence-corrected chi connectivity index (χ2v) is 4.78. The summed E-state index contributed by atoms with van der Waals surface area (Å²) in [6, 6.07) is 0. The molecule has 0 aromatic heterocycles. The Labute approximate surface area is 73.3 Å². The van der Waals surface area contributed by atoms with Crippen LogP contribution in [0, 0.1) is 0 Å². The van der Waals surface area contributed by atoms with Crippen LogP contribution in [0.5, 0.6) is 0 Å². The molecule has 0 aliphatic carbocycles. The van der Waals surface area contributed by atoms with Gasteiger partial charge in [0.2, 0.25) is 0 Å². The average Bonchev–Trinajstić information content (AvgIpc) is 1.96. The van der Waals surface area contributed by atoms with Crippen LogP contribution < -0.4 is 0 Å². The number of hydrogen-bond donors (Lipinski definition) is 1. The molecular formula is C9H18FNO. The first kappa shape index (κ1) is 9.93. The van der Waals surface area contributed by atoms with Crippen molar-refractivity contribution in [3.05, 3.63) is 0 Å². The summed E-state index contributed by atoms with van der Waals surface area (Å²) in [6.07, 6.45) is 0.307. The highest BCUT2D eigenvalue weighted by Gasteiger charge is 2.47. The summed E-state index contributed by atoms with van der Waals surface area (Å²) in [4.78, 5) is 0. The summed E-state index contributed by atoms with van der Waals surface area (Å²) >= 11 is 0. The maximum Gasteiger partial charge on any atom is 0.120 e. The maximum atomic E-state index is 13.4. The molecule has 0 saturated carbocycles. The molecule has 0 spiro atoms. The molecule has 1 N–H and O–H groups in total. The van der Waals surface area contributed by atoms with E-state index in [1.165, 1.54) is 0 Å². The van der Waals surface area contributed by atoms with Gasteiger partial charge in [0.25, 0.3) is 0 Å². The van der Waals surface area contributed by atoms with Gasteiger partial charge in [0.05, 0.1) is 5.54 Å². The van der Waals surface area contributed by atoms with Crippen molar-refractivity contribution in [1.82, 2.24) is 5.06 Å². The van der Waals surface area contributed by atoms with Gasteiger partial charge in [-0.25, -0.2) is 4.39 Å². The minimum Gasteiger partial charge on any atom is -0.313 e. The van der Waals surface area contributed by atoms with Crippen molar-refractivity contribution in [2.75, 3.05) is 0 Å². The lowest BCUT2D eigenvalue weighted by Crippen LogP contribution is -2.61. The lowest BCUT2D eigenvalue weighted by molar-refractivity contribution is -0.259. The molecule has 0 radical (unpaired) electrons. The number of hydrogen-bond acceptors (Lipinski definition) is 2. The Morgan fingerprint density at radius 1 is 1.33 bits per heavy atom. The van der Waals surface area contributed by atoms with Crippen molar-refractivity contribution >= 4 is 0 Å². The molecule has 2 nitrogen and oxygen atoms in total. The van der Waals surface area contributed by atoms with E-state index in [0.717, 1.165) is 5.06 Å². The topological polar surface area (TPSA) is 23.5 Å². The predicted octanol–water partition coefficient (Wildman–Crippen LogP) is 2.37. The molecule has 0 bridgehead atoms. The van der Waals surface area contributed by atoms with Gasteiger partial charge in [-0.1, -0.05) is 0 Å². The first-order chi connectivity index (χ1) is 5.28. The van der Waals surface area contributed by atoms with Gasteiger partial charge in [0, 0.05) is 5.54 Å². The Morgan fingerprint density at radius 2 is 1.83 bits per heavy atom. The molecule has 1 aliphatic rings. The fourth-order valence-electron chi connectivity index (χ4n) is 1.85. The predicted molar refractivity (Wildman–Crippen MR) is 45.9 cm³/mol. The molecule has 3 heteroatoms. The van der Waals surface area contributed by atoms with Crippen LogP contribution in [0.4, 0.5) is 4.39 Å². The Bertz CT molecular complexity index is 179. The normalized spacial score (nSPS) is 35.0. The summed E-state index contributed by atoms with van der Waals surface area (Å²) in [5.74, 6) is 0. The number of nitrogens with zero attached hydrogens (tertiary/aromatic N) is 1. The molecule has 0 aromatic carbocycles. The lowest BCUT2D eigenvalue weighted by Gasteiger charge is -2.50. The Kier molecular flexibility index (Phi) is 2.21. The van der Waals surface area contributed by atoms with E-state index in [-0.39, 0.29) is 5.54 Å². The van der Waals surface area contributed by atoms with Crippen LogP contribution in [0.3, 0.4) is 0 Å². The van der Waals surface area contributed by atoms with Crippen molar-refractivity contribution in [3.63, 3.8) is 0 Å². The largest absolute Gasteiger partial charge is 0.313 e. The zero-order valence-electron chi connectivity index (χ0n) is 8.26. The van der Waals surface area contributed by atoms with E-state index in [0.29, 0.717) is 12.8 Å². The summed E-state index contributed by atoms with van der Waals surface area (Å²) in [5, 5.41) is 10.9. The van der Waals surface area contributed by atoms with E-state index >= 15 is 0 Å². The lowest BCUT2D eigenvalue weighted by atomic mass is 9.81. The van der Waals surface area contributed by atoms with Crippen molar-refractivity contribution < 1.29 is 9.60 Å². The van der Waals surface area contributed by atoms with Crippen molar-refractivity contribution in [2.45, 2.75) is 57.8 Å². The fourth-order valence-corrected chi connectivity index (χ4v) is 1.85. The summed E-state index contributed by atoms with van der Waals surface area (Å²) in [7, 11) is 0. The van der Waals surface area contributed by atoms with Crippen LogP contribution >= 0.6 is 0 Å². The fraction of sp³-hybridized carbons (Fsp3) is 1.00. The van der Waals surface area contributed by atoms with Crippen molar-refractivity contribution in [2.24, 2.45) is 0 Å². The first-order valence-corrected chi connectivity index (χ1v) is 4.42. The molecular weight excluding hydrogens is 157 g/mol. The highest BCUT2D eigenvalue weighted by atomic mass is 19.1. The Hall–Kier alpha value is -0.150. The highest BCUT2D eigenvalue weighted by Crippen LogP contribution is 2.38. The number of alkyl halides is 1. The zero-order chi connectivity index (χ0) is 9.57. The second kappa shape index (κ2) is 2.67. The van der Waals surface area contributed by atoms with E-state index in [9.17, 15) is 9.60 Å². The SMILES string of the molecule is CC1(C)CCC(F)C(C)(C)N1O. The van der Waals surface area contributed by atoms with Crippen LogP contribution in [0.15, 0.2) is 0 Å². The van der Waals surface area contributed by atoms with E-state index in [1.807, 2.05) is 13.8 Å². The van der Waals surface area contributed by atoms with E-state index < -0.39 is 11.7 Å². The smallest absolute Gasteiger partial charge is 0.120 e. The monoisotopic (exact) mass is 175 g/mol. The van der Waals surface area contributed by atoms with Gasteiger partial charge < -0.3 is 5.21 Å². The second-order valence-electron chi connectivity index (χ2n) is 4.78. The van der Waals surface area contributed by atoms with Crippen LogP contribution in [-0.2, 0) is 0 Å². The molecule has 1 fully saturated rings. The van der Waals surface area contributed by atoms with Gasteiger partial charge in [-0.3, -0.25) is 0 Å². The maximum absolute atomic E-state index is 13.4. The van der Waals surface area contributed by atoms with Crippen molar-refractivity contribution in [3.8, 4) is 0 Å². The number of rotatable bonds is 0. The Balaban J connectivity index is 2.86. The zero-order valence-corrected chi connectivity index (χ0v) is 8.26.